The van der Waals surface area contributed by atoms with Crippen molar-refractivity contribution in [2.24, 2.45) is 5.41 Å². The van der Waals surface area contributed by atoms with Crippen molar-refractivity contribution in [3.63, 3.8) is 0 Å². The molecular formula is C25H34N4O. The fourth-order valence-corrected chi connectivity index (χ4v) is 6.69. The van der Waals surface area contributed by atoms with E-state index in [1.165, 1.54) is 24.8 Å². The highest BCUT2D eigenvalue weighted by Crippen LogP contribution is 2.56. The number of likely N-dealkylation sites (N-methyl/N-ethyl adjacent to an activating group) is 1. The van der Waals surface area contributed by atoms with Crippen LogP contribution in [0.4, 0.5) is 0 Å². The first-order chi connectivity index (χ1) is 14.4. The highest BCUT2D eigenvalue weighted by molar-refractivity contribution is 5.93. The number of benzene rings is 1. The zero-order chi connectivity index (χ0) is 21.0. The predicted molar refractivity (Wildman–Crippen MR) is 118 cm³/mol. The van der Waals surface area contributed by atoms with Gasteiger partial charge in [-0.25, -0.2) is 0 Å². The Bertz CT molecular complexity index is 922. The maximum Gasteiger partial charge on any atom is 0.274 e. The number of rotatable bonds is 4. The Morgan fingerprint density at radius 2 is 1.97 bits per heavy atom. The van der Waals surface area contributed by atoms with E-state index in [0.717, 1.165) is 18.5 Å². The summed E-state index contributed by atoms with van der Waals surface area (Å²) in [5.41, 5.74) is 3.09. The summed E-state index contributed by atoms with van der Waals surface area (Å²) in [6, 6.07) is 14.1. The maximum atomic E-state index is 13.9. The first-order valence-corrected chi connectivity index (χ1v) is 11.5. The monoisotopic (exact) mass is 406 g/mol. The second-order valence-corrected chi connectivity index (χ2v) is 10.2. The number of aromatic nitrogens is 2. The van der Waals surface area contributed by atoms with Crippen molar-refractivity contribution >= 4 is 5.91 Å². The first kappa shape index (κ1) is 19.8. The summed E-state index contributed by atoms with van der Waals surface area (Å²) in [5, 5.41) is 7.54. The number of piperidine rings is 1. The van der Waals surface area contributed by atoms with E-state index < -0.39 is 0 Å². The van der Waals surface area contributed by atoms with Gasteiger partial charge in [-0.1, -0.05) is 51.1 Å². The number of nitrogens with zero attached hydrogens (tertiary/aromatic N) is 3. The second kappa shape index (κ2) is 7.23. The van der Waals surface area contributed by atoms with Crippen molar-refractivity contribution in [1.29, 1.82) is 0 Å². The largest absolute Gasteiger partial charge is 0.329 e. The molecule has 3 aliphatic rings. The number of carbonyl (C=O) groups excluding carboxylic acids is 1. The summed E-state index contributed by atoms with van der Waals surface area (Å²) in [7, 11) is 2.29. The maximum absolute atomic E-state index is 13.9. The molecule has 1 aliphatic carbocycles. The molecule has 1 aromatic carbocycles. The number of amides is 1. The Balaban J connectivity index is 1.56. The Hall–Kier alpha value is -2.14. The van der Waals surface area contributed by atoms with Gasteiger partial charge in [-0.05, 0) is 56.7 Å². The first-order valence-electron chi connectivity index (χ1n) is 11.5. The van der Waals surface area contributed by atoms with E-state index in [4.69, 9.17) is 0 Å². The van der Waals surface area contributed by atoms with E-state index in [2.05, 4.69) is 78.1 Å². The molecule has 1 aromatic heterocycles. The third-order valence-electron chi connectivity index (χ3n) is 8.24. The number of carbonyl (C=O) groups is 1. The third kappa shape index (κ3) is 2.93. The van der Waals surface area contributed by atoms with Crippen LogP contribution in [-0.4, -0.2) is 57.1 Å². The van der Waals surface area contributed by atoms with Crippen molar-refractivity contribution < 1.29 is 4.79 Å². The van der Waals surface area contributed by atoms with Gasteiger partial charge in [0.2, 0.25) is 0 Å². The van der Waals surface area contributed by atoms with Gasteiger partial charge < -0.3 is 4.90 Å². The molecule has 0 unspecified atom stereocenters. The molecule has 5 nitrogen and oxygen atoms in total. The lowest BCUT2D eigenvalue weighted by Gasteiger charge is -2.53. The van der Waals surface area contributed by atoms with Gasteiger partial charge in [0, 0.05) is 29.2 Å². The van der Waals surface area contributed by atoms with E-state index in [1.807, 2.05) is 6.07 Å². The van der Waals surface area contributed by atoms with E-state index in [-0.39, 0.29) is 23.4 Å². The number of H-pyrrole nitrogens is 1. The van der Waals surface area contributed by atoms with Gasteiger partial charge >= 0.3 is 0 Å². The van der Waals surface area contributed by atoms with Gasteiger partial charge in [0.25, 0.3) is 5.91 Å². The molecule has 5 heteroatoms. The normalized spacial score (nSPS) is 33.3. The van der Waals surface area contributed by atoms with Gasteiger partial charge in [-0.3, -0.25) is 14.8 Å². The van der Waals surface area contributed by atoms with E-state index >= 15 is 0 Å². The number of aromatic amines is 1. The van der Waals surface area contributed by atoms with Crippen LogP contribution in [0.1, 0.15) is 74.1 Å². The Morgan fingerprint density at radius 1 is 1.23 bits per heavy atom. The highest BCUT2D eigenvalue weighted by Gasteiger charge is 2.62. The average molecular weight is 407 g/mol. The van der Waals surface area contributed by atoms with E-state index in [9.17, 15) is 4.79 Å². The summed E-state index contributed by atoms with van der Waals surface area (Å²) in [6.07, 6.45) is 5.65. The molecule has 5 rings (SSSR count). The Morgan fingerprint density at radius 3 is 2.67 bits per heavy atom. The molecule has 0 radical (unpaired) electrons. The Kier molecular flexibility index (Phi) is 4.77. The van der Waals surface area contributed by atoms with Crippen LogP contribution in [0.3, 0.4) is 0 Å². The van der Waals surface area contributed by atoms with Gasteiger partial charge in [0.15, 0.2) is 0 Å². The smallest absolute Gasteiger partial charge is 0.274 e. The quantitative estimate of drug-likeness (QED) is 0.827. The predicted octanol–water partition coefficient (Wildman–Crippen LogP) is 4.23. The minimum Gasteiger partial charge on any atom is -0.329 e. The molecule has 30 heavy (non-hydrogen) atoms. The molecule has 160 valence electrons. The molecule has 3 fully saturated rings. The van der Waals surface area contributed by atoms with Crippen molar-refractivity contribution in [2.45, 2.75) is 83.0 Å². The summed E-state index contributed by atoms with van der Waals surface area (Å²) < 4.78 is 0. The molecule has 1 saturated carbocycles. The zero-order valence-corrected chi connectivity index (χ0v) is 18.6. The van der Waals surface area contributed by atoms with Crippen LogP contribution in [-0.2, 0) is 6.42 Å². The van der Waals surface area contributed by atoms with Crippen molar-refractivity contribution in [2.75, 3.05) is 7.05 Å². The molecule has 2 aromatic rings. The van der Waals surface area contributed by atoms with E-state index in [0.29, 0.717) is 23.7 Å². The summed E-state index contributed by atoms with van der Waals surface area (Å²) in [4.78, 5) is 18.8. The standard InChI is InChI=1S/C25H34N4O/c1-16(2)18-14-19(27-26-18)24(30)29-20(13-17-9-6-5-7-10-17)21-15-25(3)22(28(21)4)11-8-12-23(25)29/h5-7,9-10,14,16,20-23H,8,11-13,15H2,1-4H3,(H,26,27)/t20-,21-,22-,23+,25-/m0/s1. The van der Waals surface area contributed by atoms with Crippen molar-refractivity contribution in [3.8, 4) is 0 Å². The molecular weight excluding hydrogens is 372 g/mol. The molecule has 2 bridgehead atoms. The fraction of sp³-hybridized carbons (Fsp3) is 0.600. The molecule has 0 spiro atoms. The molecule has 2 saturated heterocycles. The van der Waals surface area contributed by atoms with Crippen LogP contribution in [0.2, 0.25) is 0 Å². The summed E-state index contributed by atoms with van der Waals surface area (Å²) in [6.45, 7) is 6.69. The lowest BCUT2D eigenvalue weighted by atomic mass is 9.64. The molecule has 1 amide bonds. The minimum atomic E-state index is 0.107. The van der Waals surface area contributed by atoms with E-state index in [1.54, 1.807) is 0 Å². The van der Waals surface area contributed by atoms with Gasteiger partial charge in [0.05, 0.1) is 6.04 Å². The molecule has 5 atom stereocenters. The number of nitrogens with one attached hydrogen (secondary N) is 1. The third-order valence-corrected chi connectivity index (χ3v) is 8.24. The number of hydrogen-bond donors (Lipinski definition) is 1. The lowest BCUT2D eigenvalue weighted by Crippen LogP contribution is -2.62. The SMILES string of the molecule is CC(C)c1cc(C(=O)N2[C@@H](Cc3ccccc3)[C@@H]3C[C@@]4(C)[C@H](CCC[C@@H]24)N3C)n[nH]1. The van der Waals surface area contributed by atoms with Gasteiger partial charge in [-0.2, -0.15) is 5.10 Å². The molecule has 1 N–H and O–H groups in total. The van der Waals surface area contributed by atoms with Crippen LogP contribution in [0, 0.1) is 5.41 Å². The minimum absolute atomic E-state index is 0.107. The fourth-order valence-electron chi connectivity index (χ4n) is 6.69. The second-order valence-electron chi connectivity index (χ2n) is 10.2. The topological polar surface area (TPSA) is 52.2 Å². The average Bonchev–Trinajstić information content (AvgIpc) is 3.32. The Labute approximate surface area is 179 Å². The van der Waals surface area contributed by atoms with Gasteiger partial charge in [0.1, 0.15) is 5.69 Å². The van der Waals surface area contributed by atoms with Crippen LogP contribution in [0.5, 0.6) is 0 Å². The van der Waals surface area contributed by atoms with Crippen molar-refractivity contribution in [1.82, 2.24) is 20.0 Å². The zero-order valence-electron chi connectivity index (χ0n) is 18.6. The van der Waals surface area contributed by atoms with Gasteiger partial charge in [-0.15, -0.1) is 0 Å². The van der Waals surface area contributed by atoms with Crippen LogP contribution < -0.4 is 0 Å². The molecule has 2 aliphatic heterocycles. The van der Waals surface area contributed by atoms with Crippen LogP contribution >= 0.6 is 0 Å². The number of hydrogen-bond acceptors (Lipinski definition) is 3. The highest BCUT2D eigenvalue weighted by atomic mass is 16.2. The van der Waals surface area contributed by atoms with Crippen LogP contribution in [0.15, 0.2) is 36.4 Å². The summed E-state index contributed by atoms with van der Waals surface area (Å²) >= 11 is 0. The number of likely N-dealkylation sites (tertiary alicyclic amines) is 2. The number of fused-ring (bicyclic) bond motifs is 1. The molecule has 3 heterocycles. The summed E-state index contributed by atoms with van der Waals surface area (Å²) in [5.74, 6) is 0.440. The van der Waals surface area contributed by atoms with Crippen LogP contribution in [0.25, 0.3) is 0 Å². The van der Waals surface area contributed by atoms with Crippen molar-refractivity contribution in [3.05, 3.63) is 53.3 Å². The lowest BCUT2D eigenvalue weighted by molar-refractivity contribution is -0.0115.